The Labute approximate surface area is 159 Å². The van der Waals surface area contributed by atoms with Crippen LogP contribution in [0.1, 0.15) is 25.7 Å². The minimum atomic E-state index is -0.371. The van der Waals surface area contributed by atoms with Crippen LogP contribution in [0.3, 0.4) is 0 Å². The van der Waals surface area contributed by atoms with E-state index in [1.54, 1.807) is 0 Å². The summed E-state index contributed by atoms with van der Waals surface area (Å²) in [5.74, 6) is -0.371. The molecule has 0 bridgehead atoms. The number of hydrogen-bond donors (Lipinski definition) is 1. The first-order chi connectivity index (χ1) is 12.6. The van der Waals surface area contributed by atoms with Gasteiger partial charge in [-0.1, -0.05) is 17.7 Å². The van der Waals surface area contributed by atoms with E-state index in [2.05, 4.69) is 16.3 Å². The third-order valence-corrected chi connectivity index (χ3v) is 5.86. The Balaban J connectivity index is 1.24. The van der Waals surface area contributed by atoms with Crippen molar-refractivity contribution in [2.75, 3.05) is 44.3 Å². The summed E-state index contributed by atoms with van der Waals surface area (Å²) < 4.78 is 11.5. The van der Waals surface area contributed by atoms with Gasteiger partial charge in [0, 0.05) is 55.8 Å². The molecule has 4 rings (SSSR count). The average Bonchev–Trinajstić information content (AvgIpc) is 3.12. The van der Waals surface area contributed by atoms with Gasteiger partial charge in [-0.3, -0.25) is 0 Å². The van der Waals surface area contributed by atoms with E-state index >= 15 is 0 Å². The van der Waals surface area contributed by atoms with Crippen molar-refractivity contribution in [1.29, 1.82) is 0 Å². The molecule has 6 nitrogen and oxygen atoms in total. The van der Waals surface area contributed by atoms with Gasteiger partial charge < -0.3 is 24.6 Å². The van der Waals surface area contributed by atoms with Gasteiger partial charge in [-0.15, -0.1) is 0 Å². The van der Waals surface area contributed by atoms with E-state index in [-0.39, 0.29) is 17.9 Å². The van der Waals surface area contributed by atoms with Gasteiger partial charge in [0.1, 0.15) is 0 Å². The molecule has 3 fully saturated rings. The molecule has 2 amide bonds. The number of halogens is 1. The Morgan fingerprint density at radius 2 is 1.81 bits per heavy atom. The lowest BCUT2D eigenvalue weighted by atomic mass is 9.90. The molecular weight excluding hydrogens is 354 g/mol. The second-order valence-corrected chi connectivity index (χ2v) is 7.72. The van der Waals surface area contributed by atoms with Crippen LogP contribution >= 0.6 is 11.6 Å². The molecule has 2 aliphatic heterocycles. The maximum Gasteiger partial charge on any atom is 0.317 e. The summed E-state index contributed by atoms with van der Waals surface area (Å²) in [4.78, 5) is 16.8. The smallest absolute Gasteiger partial charge is 0.317 e. The summed E-state index contributed by atoms with van der Waals surface area (Å²) >= 11 is 6.08. The zero-order valence-corrected chi connectivity index (χ0v) is 15.7. The van der Waals surface area contributed by atoms with Crippen LogP contribution in [-0.2, 0) is 9.47 Å². The molecule has 7 heteroatoms. The second-order valence-electron chi connectivity index (χ2n) is 7.29. The first-order valence-corrected chi connectivity index (χ1v) is 9.85. The first kappa shape index (κ1) is 17.9. The van der Waals surface area contributed by atoms with Crippen LogP contribution < -0.4 is 10.2 Å². The first-order valence-electron chi connectivity index (χ1n) is 9.47. The highest BCUT2D eigenvalue weighted by Crippen LogP contribution is 2.35. The van der Waals surface area contributed by atoms with Crippen LogP contribution in [0.25, 0.3) is 0 Å². The van der Waals surface area contributed by atoms with Crippen molar-refractivity contribution in [3.8, 4) is 0 Å². The SMILES string of the molecule is O=C(NC1CCC2(CC1)OCCO2)N1CCN(c2cccc(Cl)c2)CC1. The zero-order valence-electron chi connectivity index (χ0n) is 15.0. The molecule has 2 saturated heterocycles. The molecular formula is C19H26ClN3O3. The van der Waals surface area contributed by atoms with Crippen molar-refractivity contribution in [2.45, 2.75) is 37.5 Å². The highest BCUT2D eigenvalue weighted by molar-refractivity contribution is 6.30. The number of hydrogen-bond acceptors (Lipinski definition) is 4. The number of amides is 2. The average molecular weight is 380 g/mol. The fourth-order valence-electron chi connectivity index (χ4n) is 4.09. The molecule has 1 N–H and O–H groups in total. The Bertz CT molecular complexity index is 633. The summed E-state index contributed by atoms with van der Waals surface area (Å²) in [6.07, 6.45) is 3.55. The predicted octanol–water partition coefficient (Wildman–Crippen LogP) is 2.86. The van der Waals surface area contributed by atoms with Gasteiger partial charge in [0.2, 0.25) is 0 Å². The number of ether oxygens (including phenoxy) is 2. The molecule has 2 heterocycles. The van der Waals surface area contributed by atoms with Crippen molar-refractivity contribution in [3.05, 3.63) is 29.3 Å². The number of nitrogens with zero attached hydrogens (tertiary/aromatic N) is 2. The number of benzene rings is 1. The molecule has 0 unspecified atom stereocenters. The van der Waals surface area contributed by atoms with Crippen LogP contribution in [0, 0.1) is 0 Å². The predicted molar refractivity (Wildman–Crippen MR) is 101 cm³/mol. The van der Waals surface area contributed by atoms with Crippen LogP contribution in [0.15, 0.2) is 24.3 Å². The van der Waals surface area contributed by atoms with E-state index in [1.807, 2.05) is 23.1 Å². The Morgan fingerprint density at radius 3 is 2.46 bits per heavy atom. The lowest BCUT2D eigenvalue weighted by Gasteiger charge is -2.39. The van der Waals surface area contributed by atoms with E-state index in [0.717, 1.165) is 62.6 Å². The van der Waals surface area contributed by atoms with Crippen LogP contribution in [-0.4, -0.2) is 62.2 Å². The molecule has 1 spiro atoms. The van der Waals surface area contributed by atoms with Crippen molar-refractivity contribution in [2.24, 2.45) is 0 Å². The van der Waals surface area contributed by atoms with Gasteiger partial charge >= 0.3 is 6.03 Å². The van der Waals surface area contributed by atoms with E-state index < -0.39 is 0 Å². The third kappa shape index (κ3) is 3.92. The molecule has 0 atom stereocenters. The van der Waals surface area contributed by atoms with Gasteiger partial charge in [0.05, 0.1) is 13.2 Å². The molecule has 0 radical (unpaired) electrons. The maximum atomic E-state index is 12.6. The third-order valence-electron chi connectivity index (χ3n) is 5.63. The second kappa shape index (κ2) is 7.62. The normalized spacial score (nSPS) is 23.4. The molecule has 0 aromatic heterocycles. The Hall–Kier alpha value is -1.50. The molecule has 1 aliphatic carbocycles. The van der Waals surface area contributed by atoms with E-state index in [9.17, 15) is 4.79 Å². The number of carbonyl (C=O) groups excluding carboxylic acids is 1. The summed E-state index contributed by atoms with van der Waals surface area (Å²) in [6, 6.07) is 8.14. The Morgan fingerprint density at radius 1 is 1.12 bits per heavy atom. The molecule has 1 aromatic rings. The molecule has 142 valence electrons. The van der Waals surface area contributed by atoms with Crippen molar-refractivity contribution in [1.82, 2.24) is 10.2 Å². The molecule has 3 aliphatic rings. The molecule has 1 saturated carbocycles. The number of nitrogens with one attached hydrogen (secondary N) is 1. The van der Waals surface area contributed by atoms with Gasteiger partial charge in [0.15, 0.2) is 5.79 Å². The highest BCUT2D eigenvalue weighted by atomic mass is 35.5. The number of carbonyl (C=O) groups is 1. The lowest BCUT2D eigenvalue weighted by Crippen LogP contribution is -2.54. The van der Waals surface area contributed by atoms with Gasteiger partial charge in [-0.25, -0.2) is 4.79 Å². The largest absolute Gasteiger partial charge is 0.368 e. The quantitative estimate of drug-likeness (QED) is 0.858. The van der Waals surface area contributed by atoms with Gasteiger partial charge in [0.25, 0.3) is 0 Å². The summed E-state index contributed by atoms with van der Waals surface area (Å²) in [5.41, 5.74) is 1.12. The zero-order chi connectivity index (χ0) is 18.0. The van der Waals surface area contributed by atoms with Gasteiger partial charge in [-0.2, -0.15) is 0 Å². The van der Waals surface area contributed by atoms with Crippen LogP contribution in [0.5, 0.6) is 0 Å². The van der Waals surface area contributed by atoms with E-state index in [0.29, 0.717) is 13.2 Å². The van der Waals surface area contributed by atoms with Gasteiger partial charge in [-0.05, 0) is 31.0 Å². The van der Waals surface area contributed by atoms with Crippen LogP contribution in [0.2, 0.25) is 5.02 Å². The Kier molecular flexibility index (Phi) is 5.25. The summed E-state index contributed by atoms with van der Waals surface area (Å²) in [6.45, 7) is 4.47. The van der Waals surface area contributed by atoms with E-state index in [1.165, 1.54) is 0 Å². The number of piperazine rings is 1. The van der Waals surface area contributed by atoms with Crippen molar-refractivity contribution >= 4 is 23.3 Å². The summed E-state index contributed by atoms with van der Waals surface area (Å²) in [5, 5.41) is 3.94. The fraction of sp³-hybridized carbons (Fsp3) is 0.632. The highest BCUT2D eigenvalue weighted by Gasteiger charge is 2.40. The fourth-order valence-corrected chi connectivity index (χ4v) is 4.28. The lowest BCUT2D eigenvalue weighted by molar-refractivity contribution is -0.179. The summed E-state index contributed by atoms with van der Waals surface area (Å²) in [7, 11) is 0. The molecule has 26 heavy (non-hydrogen) atoms. The van der Waals surface area contributed by atoms with Crippen molar-refractivity contribution < 1.29 is 14.3 Å². The maximum absolute atomic E-state index is 12.6. The minimum Gasteiger partial charge on any atom is -0.368 e. The topological polar surface area (TPSA) is 54.0 Å². The number of urea groups is 1. The van der Waals surface area contributed by atoms with Crippen LogP contribution in [0.4, 0.5) is 10.5 Å². The number of rotatable bonds is 2. The van der Waals surface area contributed by atoms with Crippen molar-refractivity contribution in [3.63, 3.8) is 0 Å². The monoisotopic (exact) mass is 379 g/mol. The minimum absolute atomic E-state index is 0.0463. The molecule has 1 aromatic carbocycles. The number of anilines is 1. The standard InChI is InChI=1S/C19H26ClN3O3/c20-15-2-1-3-17(14-15)22-8-10-23(11-9-22)18(24)21-16-4-6-19(7-5-16)25-12-13-26-19/h1-3,14,16H,4-13H2,(H,21,24). The van der Waals surface area contributed by atoms with E-state index in [4.69, 9.17) is 21.1 Å².